The van der Waals surface area contributed by atoms with Gasteiger partial charge in [-0.1, -0.05) is 84.9 Å². The summed E-state index contributed by atoms with van der Waals surface area (Å²) in [4.78, 5) is 79.1. The molecule has 0 saturated carbocycles. The van der Waals surface area contributed by atoms with Gasteiger partial charge >= 0.3 is 12.1 Å². The molecule has 2 N–H and O–H groups in total. The molecule has 0 bridgehead atoms. The van der Waals surface area contributed by atoms with Crippen LogP contribution < -0.4 is 5.32 Å². The lowest BCUT2D eigenvalue weighted by molar-refractivity contribution is -0.144. The Kier molecular flexibility index (Phi) is 11.3. The largest absolute Gasteiger partial charge is 0.469 e. The van der Waals surface area contributed by atoms with Crippen LogP contribution >= 0.6 is 0 Å². The number of pyridine rings is 1. The van der Waals surface area contributed by atoms with Gasteiger partial charge in [0.25, 0.3) is 5.91 Å². The van der Waals surface area contributed by atoms with Crippen LogP contribution in [0.15, 0.2) is 114 Å². The van der Waals surface area contributed by atoms with Crippen molar-refractivity contribution in [2.24, 2.45) is 4.99 Å². The maximum Gasteiger partial charge on any atom is 0.407 e. The number of fused-ring (bicyclic) bond motifs is 2. The molecule has 1 unspecified atom stereocenters. The molecule has 14 nitrogen and oxygen atoms in total. The van der Waals surface area contributed by atoms with Crippen molar-refractivity contribution in [1.29, 1.82) is 0 Å². The molecule has 3 aromatic heterocycles. The first-order valence-electron chi connectivity index (χ1n) is 20.9. The number of aliphatic imine (C=N–C) groups is 1. The number of aromatic nitrogens is 4. The summed E-state index contributed by atoms with van der Waals surface area (Å²) in [6.45, 7) is 1.12. The molecule has 9 rings (SSSR count). The van der Waals surface area contributed by atoms with Gasteiger partial charge in [0.1, 0.15) is 11.7 Å². The molecule has 314 valence electrons. The monoisotopic (exact) mass is 830 g/mol. The van der Waals surface area contributed by atoms with Crippen molar-refractivity contribution in [1.82, 2.24) is 35.1 Å². The van der Waals surface area contributed by atoms with Gasteiger partial charge in [-0.3, -0.25) is 14.4 Å². The van der Waals surface area contributed by atoms with Crippen LogP contribution in [0.25, 0.3) is 33.4 Å². The van der Waals surface area contributed by atoms with Gasteiger partial charge in [0.2, 0.25) is 5.91 Å². The summed E-state index contributed by atoms with van der Waals surface area (Å²) in [5, 5.41) is 3.55. The van der Waals surface area contributed by atoms with Gasteiger partial charge in [-0.25, -0.2) is 24.7 Å². The normalized spacial score (nSPS) is 17.9. The van der Waals surface area contributed by atoms with Gasteiger partial charge in [0.15, 0.2) is 11.6 Å². The number of carbonyl (C=O) groups excluding carboxylic acids is 4. The second kappa shape index (κ2) is 17.4. The third-order valence-corrected chi connectivity index (χ3v) is 12.2. The molecule has 0 radical (unpaired) electrons. The first kappa shape index (κ1) is 40.2. The van der Waals surface area contributed by atoms with E-state index in [0.717, 1.165) is 63.9 Å². The van der Waals surface area contributed by atoms with Crippen LogP contribution in [0.5, 0.6) is 0 Å². The van der Waals surface area contributed by atoms with E-state index in [2.05, 4.69) is 40.6 Å². The number of hydrogen-bond donors (Lipinski definition) is 2. The zero-order chi connectivity index (χ0) is 42.7. The molecule has 62 heavy (non-hydrogen) atoms. The topological polar surface area (TPSA) is 172 Å². The fraction of sp³-hybridized carbons (Fsp3) is 0.292. The van der Waals surface area contributed by atoms with Crippen molar-refractivity contribution in [3.63, 3.8) is 0 Å². The van der Waals surface area contributed by atoms with Crippen LogP contribution in [-0.4, -0.2) is 92.7 Å². The van der Waals surface area contributed by atoms with Gasteiger partial charge in [-0.2, -0.15) is 0 Å². The molecule has 0 aliphatic carbocycles. The molecule has 4 atom stereocenters. The number of ether oxygens (including phenoxy) is 2. The van der Waals surface area contributed by atoms with Gasteiger partial charge in [-0.05, 0) is 60.1 Å². The number of benzene rings is 3. The number of aromatic amines is 1. The maximum atomic E-state index is 14.1. The first-order valence-corrected chi connectivity index (χ1v) is 20.9. The molecule has 6 aromatic rings. The van der Waals surface area contributed by atoms with Crippen LogP contribution in [0, 0.1) is 0 Å². The third-order valence-electron chi connectivity index (χ3n) is 12.2. The number of carbonyl (C=O) groups is 4. The second-order valence-corrected chi connectivity index (χ2v) is 15.9. The van der Waals surface area contributed by atoms with E-state index in [-0.39, 0.29) is 30.3 Å². The number of likely N-dealkylation sites (tertiary alicyclic amines) is 2. The minimum Gasteiger partial charge on any atom is -0.469 e. The molecule has 0 spiro atoms. The van der Waals surface area contributed by atoms with Crippen molar-refractivity contribution in [3.05, 3.63) is 132 Å². The number of nitrogens with zero attached hydrogens (tertiary/aromatic N) is 6. The number of esters is 1. The number of hydrogen-bond acceptors (Lipinski definition) is 10. The Hall–Kier alpha value is -7.22. The average molecular weight is 831 g/mol. The third kappa shape index (κ3) is 8.03. The summed E-state index contributed by atoms with van der Waals surface area (Å²) >= 11 is 0. The molecule has 3 aliphatic rings. The van der Waals surface area contributed by atoms with E-state index in [9.17, 15) is 19.2 Å². The lowest BCUT2D eigenvalue weighted by Crippen LogP contribution is -2.43. The van der Waals surface area contributed by atoms with Crippen molar-refractivity contribution >= 4 is 46.4 Å². The summed E-state index contributed by atoms with van der Waals surface area (Å²) in [5.74, 6) is -0.174. The molecule has 2 saturated heterocycles. The zero-order valence-corrected chi connectivity index (χ0v) is 34.5. The molecule has 3 aliphatic heterocycles. The standard InChI is InChI=1S/C48H46N8O6/c1-61-41(57)26-36(30-11-5-3-6-12-30)46(58)55-21-9-15-39(55)38-24-33-23-34(27-49-43(33)52-38)29-17-19-31(20-18-29)37-25-35-28-50-45(54-44(35)51-37)40-16-10-22-56(40)47(59)42(53-48(60)62-2)32-13-7-4-8-14-32/h3-8,11-14,17-20,23,25,27-28,36,39-40,42H,9-10,15-16,21-22,24,26H2,1-2H3,(H,53,60)(H,50,51,54)/t36-,39+,40?,42-/m1/s1. The second-order valence-electron chi connectivity index (χ2n) is 15.9. The summed E-state index contributed by atoms with van der Waals surface area (Å²) in [6.07, 6.45) is 6.65. The van der Waals surface area contributed by atoms with Crippen molar-refractivity contribution in [2.75, 3.05) is 27.3 Å². The molecule has 6 heterocycles. The highest BCUT2D eigenvalue weighted by molar-refractivity contribution is 6.01. The number of alkyl carbamates (subject to hydrolysis) is 1. The fourth-order valence-corrected chi connectivity index (χ4v) is 8.98. The molecule has 14 heteroatoms. The molecular formula is C48H46N8O6. The minimum absolute atomic E-state index is 0.0208. The van der Waals surface area contributed by atoms with Crippen LogP contribution in [0.4, 0.5) is 10.6 Å². The average Bonchev–Trinajstić information content (AvgIpc) is 4.16. The van der Waals surface area contributed by atoms with Crippen molar-refractivity contribution in [3.8, 4) is 22.4 Å². The Labute approximate surface area is 358 Å². The van der Waals surface area contributed by atoms with E-state index in [1.807, 2.05) is 77.8 Å². The van der Waals surface area contributed by atoms with Gasteiger partial charge < -0.3 is 29.6 Å². The number of rotatable bonds is 11. The number of H-pyrrole nitrogens is 1. The molecular weight excluding hydrogens is 785 g/mol. The van der Waals surface area contributed by atoms with Gasteiger partial charge in [0.05, 0.1) is 38.6 Å². The first-order chi connectivity index (χ1) is 30.3. The molecule has 2 fully saturated rings. The predicted octanol–water partition coefficient (Wildman–Crippen LogP) is 7.41. The smallest absolute Gasteiger partial charge is 0.407 e. The van der Waals surface area contributed by atoms with E-state index in [0.29, 0.717) is 48.8 Å². The lowest BCUT2D eigenvalue weighted by atomic mass is 9.93. The molecule has 3 aromatic carbocycles. The summed E-state index contributed by atoms with van der Waals surface area (Å²) < 4.78 is 9.79. The lowest BCUT2D eigenvalue weighted by Gasteiger charge is -2.29. The summed E-state index contributed by atoms with van der Waals surface area (Å²) in [5.41, 5.74) is 7.87. The fourth-order valence-electron chi connectivity index (χ4n) is 8.98. The zero-order valence-electron chi connectivity index (χ0n) is 34.5. The Morgan fingerprint density at radius 2 is 1.44 bits per heavy atom. The van der Waals surface area contributed by atoms with Crippen LogP contribution in [0.3, 0.4) is 0 Å². The highest BCUT2D eigenvalue weighted by atomic mass is 16.5. The maximum absolute atomic E-state index is 14.1. The van der Waals surface area contributed by atoms with E-state index in [1.54, 1.807) is 11.1 Å². The van der Waals surface area contributed by atoms with Gasteiger partial charge in [-0.15, -0.1) is 0 Å². The van der Waals surface area contributed by atoms with Gasteiger partial charge in [0, 0.05) is 59.8 Å². The highest BCUT2D eigenvalue weighted by Crippen LogP contribution is 2.37. The number of nitrogens with one attached hydrogen (secondary N) is 2. The number of methoxy groups -OCH3 is 2. The Balaban J connectivity index is 0.883. The van der Waals surface area contributed by atoms with E-state index < -0.39 is 24.0 Å². The summed E-state index contributed by atoms with van der Waals surface area (Å²) in [6, 6.07) is 29.5. The quantitative estimate of drug-likeness (QED) is 0.126. The SMILES string of the molecule is COC(=O)C[C@@H](C(=O)N1CCC[C@H]1C1=Nc2ncc(-c3ccc(-c4cc5cnc(C6CCCN6C(=O)[C@H](NC(=O)OC)c6ccccc6)nc5[nH]4)cc3)cc2C1)c1ccccc1. The van der Waals surface area contributed by atoms with E-state index >= 15 is 0 Å². The van der Waals surface area contributed by atoms with Crippen molar-refractivity contribution < 1.29 is 28.7 Å². The van der Waals surface area contributed by atoms with Crippen LogP contribution in [0.2, 0.25) is 0 Å². The number of amides is 3. The molecule has 3 amide bonds. The van der Waals surface area contributed by atoms with Crippen LogP contribution in [0.1, 0.15) is 72.6 Å². The Bertz CT molecular complexity index is 2670. The van der Waals surface area contributed by atoms with Crippen molar-refractivity contribution in [2.45, 2.75) is 62.6 Å². The van der Waals surface area contributed by atoms with E-state index in [4.69, 9.17) is 29.4 Å². The van der Waals surface area contributed by atoms with Crippen LogP contribution in [-0.2, 0) is 30.3 Å². The summed E-state index contributed by atoms with van der Waals surface area (Å²) in [7, 11) is 2.62. The van der Waals surface area contributed by atoms with E-state index in [1.165, 1.54) is 14.2 Å². The predicted molar refractivity (Wildman–Crippen MR) is 232 cm³/mol. The Morgan fingerprint density at radius 1 is 0.758 bits per heavy atom. The minimum atomic E-state index is -0.911. The highest BCUT2D eigenvalue weighted by Gasteiger charge is 2.40. The Morgan fingerprint density at radius 3 is 2.15 bits per heavy atom.